The van der Waals surface area contributed by atoms with Crippen LogP contribution in [0.15, 0.2) is 60.7 Å². The second kappa shape index (κ2) is 13.1. The van der Waals surface area contributed by atoms with E-state index in [1.807, 2.05) is 22.7 Å². The molecule has 1 N–H and O–H groups in total. The molecule has 0 aliphatic rings. The second-order valence-corrected chi connectivity index (χ2v) is 11.6. The van der Waals surface area contributed by atoms with Crippen LogP contribution in [0.5, 0.6) is 0 Å². The molecule has 2 aromatic heterocycles. The minimum atomic E-state index is 1.06. The Morgan fingerprint density at radius 2 is 1.15 bits per heavy atom. The first kappa shape index (κ1) is 25.0. The van der Waals surface area contributed by atoms with Gasteiger partial charge in [-0.1, -0.05) is 107 Å². The molecule has 2 heterocycles. The maximum atomic E-state index is 3.73. The fourth-order valence-electron chi connectivity index (χ4n) is 4.64. The van der Waals surface area contributed by atoms with Crippen molar-refractivity contribution in [2.24, 2.45) is 0 Å². The van der Waals surface area contributed by atoms with Crippen LogP contribution in [0.4, 0.5) is 5.69 Å². The third kappa shape index (κ3) is 6.73. The highest BCUT2D eigenvalue weighted by Gasteiger charge is 2.13. The lowest BCUT2D eigenvalue weighted by atomic mass is 10.1. The van der Waals surface area contributed by atoms with Gasteiger partial charge in [-0.2, -0.15) is 0 Å². The lowest BCUT2D eigenvalue weighted by Gasteiger charge is -2.11. The van der Waals surface area contributed by atoms with Crippen molar-refractivity contribution < 1.29 is 0 Å². The highest BCUT2D eigenvalue weighted by atomic mass is 32.1. The van der Waals surface area contributed by atoms with E-state index in [1.165, 1.54) is 106 Å². The molecular formula is C31H39NS2. The second-order valence-electron chi connectivity index (χ2n) is 9.42. The summed E-state index contributed by atoms with van der Waals surface area (Å²) in [6, 6.07) is 22.2. The minimum Gasteiger partial charge on any atom is -0.385 e. The normalized spacial score (nSPS) is 11.4. The van der Waals surface area contributed by atoms with E-state index < -0.39 is 0 Å². The maximum Gasteiger partial charge on any atom is 0.0463 e. The van der Waals surface area contributed by atoms with Gasteiger partial charge in [-0.05, 0) is 42.7 Å². The van der Waals surface area contributed by atoms with Gasteiger partial charge in [0.15, 0.2) is 0 Å². The van der Waals surface area contributed by atoms with Crippen LogP contribution in [-0.2, 0) is 0 Å². The Hall–Kier alpha value is -2.10. The molecule has 3 heteroatoms. The molecule has 0 radical (unpaired) electrons. The van der Waals surface area contributed by atoms with Crippen LogP contribution in [0.1, 0.15) is 76.7 Å². The molecule has 0 aliphatic carbocycles. The fraction of sp³-hybridized carbons (Fsp3) is 0.419. The molecule has 0 saturated heterocycles. The number of nitrogens with one attached hydrogen (secondary N) is 1. The molecule has 0 fully saturated rings. The van der Waals surface area contributed by atoms with E-state index in [9.17, 15) is 0 Å². The van der Waals surface area contributed by atoms with Crippen molar-refractivity contribution in [3.8, 4) is 20.9 Å². The highest BCUT2D eigenvalue weighted by Crippen LogP contribution is 2.43. The molecule has 0 unspecified atom stereocenters. The largest absolute Gasteiger partial charge is 0.385 e. The molecule has 0 aliphatic heterocycles. The van der Waals surface area contributed by atoms with Crippen LogP contribution in [0.2, 0.25) is 0 Å². The van der Waals surface area contributed by atoms with Crippen LogP contribution >= 0.6 is 22.7 Å². The van der Waals surface area contributed by atoms with Crippen LogP contribution in [0.3, 0.4) is 0 Å². The number of thiophene rings is 2. The smallest absolute Gasteiger partial charge is 0.0463 e. The summed E-state index contributed by atoms with van der Waals surface area (Å²) >= 11 is 3.83. The van der Waals surface area contributed by atoms with Gasteiger partial charge in [0.05, 0.1) is 0 Å². The summed E-state index contributed by atoms with van der Waals surface area (Å²) in [5.41, 5.74) is 5.31. The molecule has 4 rings (SSSR count). The predicted molar refractivity (Wildman–Crippen MR) is 156 cm³/mol. The van der Waals surface area contributed by atoms with E-state index >= 15 is 0 Å². The van der Waals surface area contributed by atoms with Crippen LogP contribution in [0, 0.1) is 6.92 Å². The molecule has 2 aromatic carbocycles. The van der Waals surface area contributed by atoms with E-state index in [0.29, 0.717) is 0 Å². The molecule has 0 saturated carbocycles. The number of para-hydroxylation sites is 1. The van der Waals surface area contributed by atoms with Gasteiger partial charge in [0.1, 0.15) is 0 Å². The molecule has 4 aromatic rings. The number of hydrogen-bond donors (Lipinski definition) is 1. The summed E-state index contributed by atoms with van der Waals surface area (Å²) in [4.78, 5) is 2.74. The maximum absolute atomic E-state index is 3.73. The zero-order chi connectivity index (χ0) is 23.6. The SMILES string of the molecule is CCCCCCCCCCCCNc1ccccc1-c1cc2sc(-c3ccccc3C)cc2s1. The molecule has 0 spiro atoms. The molecule has 0 bridgehead atoms. The molecule has 1 nitrogen and oxygen atoms in total. The van der Waals surface area contributed by atoms with Gasteiger partial charge >= 0.3 is 0 Å². The fourth-order valence-corrected chi connectivity index (χ4v) is 7.16. The number of hydrogen-bond acceptors (Lipinski definition) is 3. The first-order valence-electron chi connectivity index (χ1n) is 13.2. The van der Waals surface area contributed by atoms with Gasteiger partial charge in [-0.25, -0.2) is 0 Å². The zero-order valence-electron chi connectivity index (χ0n) is 20.9. The lowest BCUT2D eigenvalue weighted by molar-refractivity contribution is 0.560. The Balaban J connectivity index is 1.28. The average Bonchev–Trinajstić information content (AvgIpc) is 3.42. The minimum absolute atomic E-state index is 1.06. The first-order valence-corrected chi connectivity index (χ1v) is 14.8. The number of unbranched alkanes of at least 4 members (excludes halogenated alkanes) is 9. The van der Waals surface area contributed by atoms with E-state index in [4.69, 9.17) is 0 Å². The Bertz CT molecular complexity index is 1120. The number of aryl methyl sites for hydroxylation is 1. The Kier molecular flexibility index (Phi) is 9.64. The number of fused-ring (bicyclic) bond motifs is 1. The topological polar surface area (TPSA) is 12.0 Å². The number of benzene rings is 2. The Morgan fingerprint density at radius 3 is 1.79 bits per heavy atom. The number of rotatable bonds is 14. The van der Waals surface area contributed by atoms with E-state index in [-0.39, 0.29) is 0 Å². The molecule has 0 atom stereocenters. The first-order chi connectivity index (χ1) is 16.8. The monoisotopic (exact) mass is 489 g/mol. The van der Waals surface area contributed by atoms with Gasteiger partial charge in [0.2, 0.25) is 0 Å². The average molecular weight is 490 g/mol. The Morgan fingerprint density at radius 1 is 0.618 bits per heavy atom. The van der Waals surface area contributed by atoms with Crippen LogP contribution < -0.4 is 5.32 Å². The van der Waals surface area contributed by atoms with E-state index in [2.05, 4.69) is 79.8 Å². The van der Waals surface area contributed by atoms with Crippen LogP contribution in [0.25, 0.3) is 30.3 Å². The third-order valence-corrected chi connectivity index (χ3v) is 9.02. The Labute approximate surface area is 214 Å². The summed E-state index contributed by atoms with van der Waals surface area (Å²) in [5, 5.41) is 3.73. The van der Waals surface area contributed by atoms with Crippen molar-refractivity contribution in [1.29, 1.82) is 0 Å². The van der Waals surface area contributed by atoms with Gasteiger partial charge in [-0.15, -0.1) is 22.7 Å². The summed E-state index contributed by atoms with van der Waals surface area (Å²) < 4.78 is 2.78. The summed E-state index contributed by atoms with van der Waals surface area (Å²) in [6.45, 7) is 5.55. The molecule has 180 valence electrons. The summed E-state index contributed by atoms with van der Waals surface area (Å²) in [7, 11) is 0. The highest BCUT2D eigenvalue weighted by molar-refractivity contribution is 7.31. The van der Waals surface area contributed by atoms with Crippen molar-refractivity contribution in [3.63, 3.8) is 0 Å². The van der Waals surface area contributed by atoms with Gasteiger partial charge in [0.25, 0.3) is 0 Å². The van der Waals surface area contributed by atoms with Gasteiger partial charge in [-0.3, -0.25) is 0 Å². The van der Waals surface area contributed by atoms with Gasteiger partial charge < -0.3 is 5.32 Å². The predicted octanol–water partition coefficient (Wildman–Crippen LogP) is 10.9. The molecule has 34 heavy (non-hydrogen) atoms. The quantitative estimate of drug-likeness (QED) is 0.174. The third-order valence-electron chi connectivity index (χ3n) is 6.66. The van der Waals surface area contributed by atoms with Crippen molar-refractivity contribution in [2.45, 2.75) is 78.1 Å². The van der Waals surface area contributed by atoms with E-state index in [0.717, 1.165) is 6.54 Å². The van der Waals surface area contributed by atoms with E-state index in [1.54, 1.807) is 0 Å². The zero-order valence-corrected chi connectivity index (χ0v) is 22.5. The molecular weight excluding hydrogens is 450 g/mol. The number of anilines is 1. The standard InChI is InChI=1S/C31H39NS2/c1-3-4-5-6-7-8-9-10-11-16-21-32-27-20-15-14-19-26(27)29-23-31-30(34-29)22-28(33-31)25-18-13-12-17-24(25)2/h12-15,17-20,22-23,32H,3-11,16,21H2,1-2H3. The van der Waals surface area contributed by atoms with Crippen molar-refractivity contribution >= 4 is 37.8 Å². The van der Waals surface area contributed by atoms with Gasteiger partial charge in [0, 0.05) is 36.9 Å². The van der Waals surface area contributed by atoms with Crippen molar-refractivity contribution in [2.75, 3.05) is 11.9 Å². The van der Waals surface area contributed by atoms with Crippen molar-refractivity contribution in [1.82, 2.24) is 0 Å². The molecule has 0 amide bonds. The summed E-state index contributed by atoms with van der Waals surface area (Å²) in [5.74, 6) is 0. The summed E-state index contributed by atoms with van der Waals surface area (Å²) in [6.07, 6.45) is 13.8. The van der Waals surface area contributed by atoms with Crippen molar-refractivity contribution in [3.05, 3.63) is 66.2 Å². The lowest BCUT2D eigenvalue weighted by Crippen LogP contribution is -2.02. The van der Waals surface area contributed by atoms with Crippen LogP contribution in [-0.4, -0.2) is 6.54 Å².